The van der Waals surface area contributed by atoms with Gasteiger partial charge in [0.05, 0.1) is 18.8 Å². The molecule has 0 aromatic heterocycles. The SMILES string of the molecule is CC/C=C\C/C=C\C/C=C\C/C=C\CCCCCCCCCCCCCCCCCCCCCCCCCCCCCCC(=O)NC(CO)C(O)/C=C/CCCCCCCCCCCCCC. The highest BCUT2D eigenvalue weighted by molar-refractivity contribution is 5.76. The lowest BCUT2D eigenvalue weighted by Crippen LogP contribution is -2.45. The third-order valence-electron chi connectivity index (χ3n) is 13.8. The van der Waals surface area contributed by atoms with Crippen molar-refractivity contribution in [2.75, 3.05) is 6.61 Å². The predicted octanol–water partition coefficient (Wildman–Crippen LogP) is 20.0. The van der Waals surface area contributed by atoms with Gasteiger partial charge in [0, 0.05) is 6.42 Å². The van der Waals surface area contributed by atoms with Crippen LogP contribution < -0.4 is 5.32 Å². The lowest BCUT2D eigenvalue weighted by molar-refractivity contribution is -0.123. The summed E-state index contributed by atoms with van der Waals surface area (Å²) < 4.78 is 0. The van der Waals surface area contributed by atoms with Gasteiger partial charge in [0.15, 0.2) is 0 Å². The van der Waals surface area contributed by atoms with Gasteiger partial charge >= 0.3 is 0 Å². The molecule has 0 bridgehead atoms. The van der Waals surface area contributed by atoms with E-state index in [1.807, 2.05) is 6.08 Å². The van der Waals surface area contributed by atoms with E-state index in [-0.39, 0.29) is 12.5 Å². The van der Waals surface area contributed by atoms with Crippen LogP contribution in [-0.2, 0) is 4.79 Å². The summed E-state index contributed by atoms with van der Waals surface area (Å²) in [6.07, 6.45) is 82.7. The Kier molecular flexibility index (Phi) is 56.7. The zero-order valence-corrected chi connectivity index (χ0v) is 45.2. The second-order valence-electron chi connectivity index (χ2n) is 20.4. The summed E-state index contributed by atoms with van der Waals surface area (Å²) in [6, 6.07) is -0.620. The molecule has 0 aromatic rings. The van der Waals surface area contributed by atoms with Crippen LogP contribution in [0.25, 0.3) is 0 Å². The first-order chi connectivity index (χ1) is 33.2. The molecule has 0 aliphatic heterocycles. The topological polar surface area (TPSA) is 69.6 Å². The molecule has 0 radical (unpaired) electrons. The number of amides is 1. The quantitative estimate of drug-likeness (QED) is 0.0420. The monoisotopic (exact) mass is 936 g/mol. The number of nitrogens with one attached hydrogen (secondary N) is 1. The number of carbonyl (C=O) groups excluding carboxylic acids is 1. The Labute approximate surface area is 419 Å². The molecule has 4 heteroatoms. The van der Waals surface area contributed by atoms with Gasteiger partial charge in [-0.05, 0) is 57.8 Å². The van der Waals surface area contributed by atoms with Gasteiger partial charge in [0.1, 0.15) is 0 Å². The first kappa shape index (κ1) is 65.1. The van der Waals surface area contributed by atoms with Gasteiger partial charge < -0.3 is 15.5 Å². The Balaban J connectivity index is 3.38. The fraction of sp³-hybridized carbons (Fsp3) is 0.825. The highest BCUT2D eigenvalue weighted by Gasteiger charge is 2.18. The van der Waals surface area contributed by atoms with Crippen molar-refractivity contribution in [2.45, 2.75) is 328 Å². The maximum absolute atomic E-state index is 12.5. The molecule has 0 aromatic carbocycles. The summed E-state index contributed by atoms with van der Waals surface area (Å²) in [5, 5.41) is 23.1. The van der Waals surface area contributed by atoms with Crippen LogP contribution in [0, 0.1) is 0 Å². The molecule has 392 valence electrons. The van der Waals surface area contributed by atoms with Crippen LogP contribution in [0.15, 0.2) is 60.8 Å². The molecular formula is C63H117NO3. The van der Waals surface area contributed by atoms with Crippen molar-refractivity contribution in [2.24, 2.45) is 0 Å². The largest absolute Gasteiger partial charge is 0.394 e. The van der Waals surface area contributed by atoms with E-state index in [0.29, 0.717) is 6.42 Å². The number of unbranched alkanes of at least 4 members (excludes halogenated alkanes) is 40. The van der Waals surface area contributed by atoms with Crippen LogP contribution in [0.5, 0.6) is 0 Å². The molecule has 4 nitrogen and oxygen atoms in total. The second kappa shape index (κ2) is 58.4. The van der Waals surface area contributed by atoms with Gasteiger partial charge in [-0.1, -0.05) is 312 Å². The van der Waals surface area contributed by atoms with E-state index in [9.17, 15) is 15.0 Å². The Morgan fingerprint density at radius 1 is 0.373 bits per heavy atom. The highest BCUT2D eigenvalue weighted by atomic mass is 16.3. The minimum atomic E-state index is -0.837. The van der Waals surface area contributed by atoms with E-state index in [1.54, 1.807) is 6.08 Å². The van der Waals surface area contributed by atoms with E-state index < -0.39 is 12.1 Å². The highest BCUT2D eigenvalue weighted by Crippen LogP contribution is 2.18. The van der Waals surface area contributed by atoms with Crippen molar-refractivity contribution >= 4 is 5.91 Å². The summed E-state index contributed by atoms with van der Waals surface area (Å²) in [5.41, 5.74) is 0. The third-order valence-corrected chi connectivity index (χ3v) is 13.8. The maximum Gasteiger partial charge on any atom is 0.220 e. The average Bonchev–Trinajstić information content (AvgIpc) is 3.33. The lowest BCUT2D eigenvalue weighted by Gasteiger charge is -2.20. The second-order valence-corrected chi connectivity index (χ2v) is 20.4. The normalized spacial score (nSPS) is 13.2. The Hall–Kier alpha value is -1.91. The number of hydrogen-bond acceptors (Lipinski definition) is 3. The maximum atomic E-state index is 12.5. The summed E-state index contributed by atoms with van der Waals surface area (Å²) in [7, 11) is 0. The smallest absolute Gasteiger partial charge is 0.220 e. The molecule has 3 N–H and O–H groups in total. The van der Waals surface area contributed by atoms with Gasteiger partial charge in [-0.2, -0.15) is 0 Å². The van der Waals surface area contributed by atoms with Crippen LogP contribution in [-0.4, -0.2) is 34.9 Å². The number of allylic oxidation sites excluding steroid dienone is 9. The molecule has 2 atom stereocenters. The fourth-order valence-corrected chi connectivity index (χ4v) is 9.23. The van der Waals surface area contributed by atoms with Crippen molar-refractivity contribution in [3.05, 3.63) is 60.8 Å². The van der Waals surface area contributed by atoms with Gasteiger partial charge in [-0.25, -0.2) is 0 Å². The van der Waals surface area contributed by atoms with Crippen molar-refractivity contribution < 1.29 is 15.0 Å². The molecule has 0 spiro atoms. The summed E-state index contributed by atoms with van der Waals surface area (Å²) >= 11 is 0. The van der Waals surface area contributed by atoms with E-state index in [4.69, 9.17) is 0 Å². The summed E-state index contributed by atoms with van der Waals surface area (Å²) in [5.74, 6) is -0.0593. The van der Waals surface area contributed by atoms with Gasteiger partial charge in [0.25, 0.3) is 0 Å². The Morgan fingerprint density at radius 3 is 0.985 bits per heavy atom. The molecule has 0 heterocycles. The fourth-order valence-electron chi connectivity index (χ4n) is 9.23. The molecule has 67 heavy (non-hydrogen) atoms. The van der Waals surface area contributed by atoms with Gasteiger partial charge in [-0.15, -0.1) is 0 Å². The number of aliphatic hydroxyl groups excluding tert-OH is 2. The number of rotatable bonds is 55. The molecule has 1 amide bonds. The molecular weight excluding hydrogens is 819 g/mol. The molecule has 0 fully saturated rings. The van der Waals surface area contributed by atoms with Crippen molar-refractivity contribution in [1.82, 2.24) is 5.32 Å². The Morgan fingerprint density at radius 2 is 0.657 bits per heavy atom. The zero-order chi connectivity index (χ0) is 48.5. The first-order valence-corrected chi connectivity index (χ1v) is 30.0. The van der Waals surface area contributed by atoms with Crippen molar-refractivity contribution in [1.29, 1.82) is 0 Å². The van der Waals surface area contributed by atoms with Crippen LogP contribution in [0.2, 0.25) is 0 Å². The summed E-state index contributed by atoms with van der Waals surface area (Å²) in [6.45, 7) is 4.21. The van der Waals surface area contributed by atoms with Crippen molar-refractivity contribution in [3.8, 4) is 0 Å². The van der Waals surface area contributed by atoms with Crippen LogP contribution in [0.4, 0.5) is 0 Å². The lowest BCUT2D eigenvalue weighted by atomic mass is 10.0. The number of aliphatic hydroxyl groups is 2. The zero-order valence-electron chi connectivity index (χ0n) is 45.2. The third kappa shape index (κ3) is 54.9. The van der Waals surface area contributed by atoms with E-state index in [0.717, 1.165) is 51.4 Å². The standard InChI is InChI=1S/C63H117NO3/c1-3-5-7-9-11-13-15-17-19-20-21-22-23-24-25-26-27-28-29-30-31-32-33-34-35-36-37-38-39-40-41-42-43-44-45-47-49-51-53-55-57-59-63(67)64-61(60-65)62(66)58-56-54-52-50-48-46-18-16-14-12-10-8-6-4-2/h5,7,11,13,17,19,21-22,56,58,61-62,65-66H,3-4,6,8-10,12,14-16,18,20,23-55,57,59-60H2,1-2H3,(H,64,67)/b7-5-,13-11-,19-17-,22-21-,58-56+. The minimum Gasteiger partial charge on any atom is -0.394 e. The predicted molar refractivity (Wildman–Crippen MR) is 299 cm³/mol. The minimum absolute atomic E-state index is 0.0593. The molecule has 2 unspecified atom stereocenters. The van der Waals surface area contributed by atoms with E-state index in [2.05, 4.69) is 67.8 Å². The molecule has 0 aliphatic carbocycles. The molecule has 0 aliphatic rings. The van der Waals surface area contributed by atoms with Crippen LogP contribution in [0.1, 0.15) is 316 Å². The Bertz CT molecular complexity index is 1110. The number of hydrogen-bond donors (Lipinski definition) is 3. The first-order valence-electron chi connectivity index (χ1n) is 30.0. The van der Waals surface area contributed by atoms with Crippen LogP contribution in [0.3, 0.4) is 0 Å². The number of carbonyl (C=O) groups is 1. The van der Waals surface area contributed by atoms with E-state index in [1.165, 1.54) is 244 Å². The van der Waals surface area contributed by atoms with Gasteiger partial charge in [-0.3, -0.25) is 4.79 Å². The molecule has 0 rings (SSSR count). The molecule has 0 saturated carbocycles. The summed E-state index contributed by atoms with van der Waals surface area (Å²) in [4.78, 5) is 12.5. The average molecular weight is 937 g/mol. The van der Waals surface area contributed by atoms with Crippen molar-refractivity contribution in [3.63, 3.8) is 0 Å². The van der Waals surface area contributed by atoms with E-state index >= 15 is 0 Å². The molecule has 0 saturated heterocycles. The van der Waals surface area contributed by atoms with Gasteiger partial charge in [0.2, 0.25) is 5.91 Å². The van der Waals surface area contributed by atoms with Crippen LogP contribution >= 0.6 is 0 Å².